The first kappa shape index (κ1) is 16.3. The normalized spacial score (nSPS) is 20.2. The number of benzene rings is 1. The molecule has 0 saturated carbocycles. The summed E-state index contributed by atoms with van der Waals surface area (Å²) in [6, 6.07) is 10.0. The minimum atomic E-state index is -1.67. The van der Waals surface area contributed by atoms with Crippen molar-refractivity contribution < 1.29 is 24.6 Å². The molecule has 2 aliphatic heterocycles. The van der Waals surface area contributed by atoms with Gasteiger partial charge in [-0.25, -0.2) is 4.79 Å². The first-order chi connectivity index (χ1) is 12.4. The SMILES string of the molecule is CN1CC2c3ccc(C(O)C(=O)O)n3Cc3ccccc3N2C(=O)C1=O. The lowest BCUT2D eigenvalue weighted by molar-refractivity contribution is -0.147. The van der Waals surface area contributed by atoms with Crippen LogP contribution in [0.3, 0.4) is 0 Å². The second kappa shape index (κ2) is 5.70. The van der Waals surface area contributed by atoms with Crippen LogP contribution in [0, 0.1) is 0 Å². The summed E-state index contributed by atoms with van der Waals surface area (Å²) >= 11 is 0. The number of fused-ring (bicyclic) bond motifs is 5. The summed E-state index contributed by atoms with van der Waals surface area (Å²) in [6.07, 6.45) is -1.67. The Morgan fingerprint density at radius 2 is 1.88 bits per heavy atom. The Morgan fingerprint density at radius 3 is 2.62 bits per heavy atom. The van der Waals surface area contributed by atoms with Crippen molar-refractivity contribution in [1.82, 2.24) is 9.47 Å². The highest BCUT2D eigenvalue weighted by Crippen LogP contribution is 2.39. The number of carboxylic acid groups (broad SMARTS) is 1. The van der Waals surface area contributed by atoms with Crippen LogP contribution in [0.1, 0.15) is 29.1 Å². The molecule has 2 N–H and O–H groups in total. The summed E-state index contributed by atoms with van der Waals surface area (Å²) in [6.45, 7) is 0.585. The average molecular weight is 355 g/mol. The van der Waals surface area contributed by atoms with Gasteiger partial charge in [0.15, 0.2) is 6.10 Å². The second-order valence-corrected chi connectivity index (χ2v) is 6.52. The molecular weight excluding hydrogens is 338 g/mol. The molecule has 2 aromatic rings. The topological polar surface area (TPSA) is 103 Å². The van der Waals surface area contributed by atoms with Crippen molar-refractivity contribution in [3.8, 4) is 0 Å². The molecule has 0 spiro atoms. The van der Waals surface area contributed by atoms with Crippen molar-refractivity contribution >= 4 is 23.5 Å². The van der Waals surface area contributed by atoms with E-state index in [0.29, 0.717) is 17.9 Å². The molecular formula is C18H17N3O5. The van der Waals surface area contributed by atoms with Crippen LogP contribution in [-0.2, 0) is 20.9 Å². The van der Waals surface area contributed by atoms with E-state index in [-0.39, 0.29) is 12.2 Å². The molecule has 1 aromatic heterocycles. The van der Waals surface area contributed by atoms with Crippen molar-refractivity contribution in [2.45, 2.75) is 18.7 Å². The van der Waals surface area contributed by atoms with Gasteiger partial charge in [0.1, 0.15) is 0 Å². The average Bonchev–Trinajstić information content (AvgIpc) is 2.97. The maximum absolute atomic E-state index is 12.7. The number of carboxylic acids is 1. The van der Waals surface area contributed by atoms with E-state index >= 15 is 0 Å². The number of rotatable bonds is 2. The second-order valence-electron chi connectivity index (χ2n) is 6.52. The molecule has 1 aromatic carbocycles. The highest BCUT2D eigenvalue weighted by atomic mass is 16.4. The van der Waals surface area contributed by atoms with Gasteiger partial charge in [-0.15, -0.1) is 0 Å². The number of aliphatic hydroxyl groups excluding tert-OH is 1. The van der Waals surface area contributed by atoms with E-state index in [1.54, 1.807) is 35.9 Å². The van der Waals surface area contributed by atoms with Crippen LogP contribution in [-0.4, -0.2) is 51.1 Å². The Labute approximate surface area is 148 Å². The number of anilines is 1. The van der Waals surface area contributed by atoms with E-state index < -0.39 is 29.9 Å². The lowest BCUT2D eigenvalue weighted by Crippen LogP contribution is -2.54. The van der Waals surface area contributed by atoms with E-state index in [1.807, 2.05) is 12.1 Å². The van der Waals surface area contributed by atoms with Gasteiger partial charge in [-0.3, -0.25) is 14.5 Å². The molecule has 2 unspecified atom stereocenters. The number of para-hydroxylation sites is 1. The Hall–Kier alpha value is -3.13. The van der Waals surface area contributed by atoms with Gasteiger partial charge in [0, 0.05) is 31.5 Å². The minimum absolute atomic E-state index is 0.246. The third-order valence-electron chi connectivity index (χ3n) is 4.99. The lowest BCUT2D eigenvalue weighted by Gasteiger charge is -2.38. The van der Waals surface area contributed by atoms with Crippen molar-refractivity contribution in [3.05, 3.63) is 53.3 Å². The zero-order chi connectivity index (χ0) is 18.6. The monoisotopic (exact) mass is 355 g/mol. The van der Waals surface area contributed by atoms with Crippen molar-refractivity contribution in [3.63, 3.8) is 0 Å². The van der Waals surface area contributed by atoms with Crippen LogP contribution >= 0.6 is 0 Å². The number of carbonyl (C=O) groups is 3. The standard InChI is InChI=1S/C18H17N3O5/c1-19-9-14-12-6-7-13(15(22)18(25)26)20(12)8-10-4-2-3-5-11(10)21(14)17(24)16(19)23/h2-7,14-15,22H,8-9H2,1H3,(H,25,26). The molecule has 8 heteroatoms. The molecule has 0 bridgehead atoms. The summed E-state index contributed by atoms with van der Waals surface area (Å²) in [4.78, 5) is 39.1. The first-order valence-electron chi connectivity index (χ1n) is 8.17. The number of aromatic nitrogens is 1. The van der Waals surface area contributed by atoms with Gasteiger partial charge in [-0.1, -0.05) is 18.2 Å². The highest BCUT2D eigenvalue weighted by molar-refractivity contribution is 6.41. The molecule has 0 aliphatic carbocycles. The third kappa shape index (κ3) is 2.22. The summed E-state index contributed by atoms with van der Waals surface area (Å²) in [5, 5.41) is 19.3. The minimum Gasteiger partial charge on any atom is -0.479 e. The van der Waals surface area contributed by atoms with E-state index in [4.69, 9.17) is 0 Å². The summed E-state index contributed by atoms with van der Waals surface area (Å²) in [7, 11) is 1.56. The Balaban J connectivity index is 1.94. The number of hydrogen-bond donors (Lipinski definition) is 2. The summed E-state index contributed by atoms with van der Waals surface area (Å²) < 4.78 is 1.72. The van der Waals surface area contributed by atoms with Gasteiger partial charge in [0.25, 0.3) is 0 Å². The van der Waals surface area contributed by atoms with Crippen molar-refractivity contribution in [2.24, 2.45) is 0 Å². The van der Waals surface area contributed by atoms with Crippen LogP contribution in [0.2, 0.25) is 0 Å². The molecule has 4 rings (SSSR count). The van der Waals surface area contributed by atoms with Gasteiger partial charge < -0.3 is 19.7 Å². The van der Waals surface area contributed by atoms with Crippen LogP contribution in [0.5, 0.6) is 0 Å². The number of carbonyl (C=O) groups excluding carboxylic acids is 2. The third-order valence-corrected chi connectivity index (χ3v) is 4.99. The fourth-order valence-electron chi connectivity index (χ4n) is 3.72. The molecule has 0 radical (unpaired) electrons. The van der Waals surface area contributed by atoms with Crippen LogP contribution in [0.25, 0.3) is 0 Å². The van der Waals surface area contributed by atoms with Crippen molar-refractivity contribution in [1.29, 1.82) is 0 Å². The molecule has 8 nitrogen and oxygen atoms in total. The highest BCUT2D eigenvalue weighted by Gasteiger charge is 2.43. The zero-order valence-corrected chi connectivity index (χ0v) is 14.0. The summed E-state index contributed by atoms with van der Waals surface area (Å²) in [5.74, 6) is -2.54. The molecule has 2 amide bonds. The number of likely N-dealkylation sites (N-methyl/N-ethyl adjacent to an activating group) is 1. The Kier molecular flexibility index (Phi) is 3.58. The molecule has 2 atom stereocenters. The molecule has 2 aliphatic rings. The van der Waals surface area contributed by atoms with Crippen molar-refractivity contribution in [2.75, 3.05) is 18.5 Å². The largest absolute Gasteiger partial charge is 0.479 e. The number of amides is 2. The lowest BCUT2D eigenvalue weighted by atomic mass is 10.1. The maximum atomic E-state index is 12.7. The fourth-order valence-corrected chi connectivity index (χ4v) is 3.72. The molecule has 26 heavy (non-hydrogen) atoms. The predicted octanol–water partition coefficient (Wildman–Crippen LogP) is 0.514. The molecule has 1 fully saturated rings. The quantitative estimate of drug-likeness (QED) is 0.764. The number of aliphatic carboxylic acids is 1. The predicted molar refractivity (Wildman–Crippen MR) is 90.4 cm³/mol. The molecule has 134 valence electrons. The van der Waals surface area contributed by atoms with Gasteiger partial charge in [-0.05, 0) is 23.8 Å². The van der Waals surface area contributed by atoms with E-state index in [9.17, 15) is 24.6 Å². The van der Waals surface area contributed by atoms with Gasteiger partial charge >= 0.3 is 17.8 Å². The fraction of sp³-hybridized carbons (Fsp3) is 0.278. The van der Waals surface area contributed by atoms with Crippen LogP contribution in [0.4, 0.5) is 5.69 Å². The van der Waals surface area contributed by atoms with Gasteiger partial charge in [-0.2, -0.15) is 0 Å². The number of aliphatic hydroxyl groups is 1. The Bertz CT molecular complexity index is 935. The van der Waals surface area contributed by atoms with Crippen LogP contribution < -0.4 is 4.90 Å². The number of hydrogen-bond acceptors (Lipinski definition) is 4. The number of piperazine rings is 1. The van der Waals surface area contributed by atoms with Gasteiger partial charge in [0.2, 0.25) is 0 Å². The zero-order valence-electron chi connectivity index (χ0n) is 14.0. The van der Waals surface area contributed by atoms with E-state index in [2.05, 4.69) is 0 Å². The summed E-state index contributed by atoms with van der Waals surface area (Å²) in [5.41, 5.74) is 2.33. The molecule has 1 saturated heterocycles. The Morgan fingerprint density at radius 1 is 1.15 bits per heavy atom. The maximum Gasteiger partial charge on any atom is 0.338 e. The number of nitrogens with zero attached hydrogens (tertiary/aromatic N) is 3. The smallest absolute Gasteiger partial charge is 0.338 e. The van der Waals surface area contributed by atoms with E-state index in [0.717, 1.165) is 5.56 Å². The first-order valence-corrected chi connectivity index (χ1v) is 8.17. The van der Waals surface area contributed by atoms with Crippen LogP contribution in [0.15, 0.2) is 36.4 Å². The van der Waals surface area contributed by atoms with E-state index in [1.165, 1.54) is 9.80 Å². The van der Waals surface area contributed by atoms with Gasteiger partial charge in [0.05, 0.1) is 11.7 Å². The molecule has 3 heterocycles.